The van der Waals surface area contributed by atoms with Crippen LogP contribution in [0.4, 0.5) is 0 Å². The van der Waals surface area contributed by atoms with Crippen molar-refractivity contribution in [1.82, 2.24) is 36.5 Å². The second kappa shape index (κ2) is 12.7. The van der Waals surface area contributed by atoms with Gasteiger partial charge in [0.1, 0.15) is 0 Å². The lowest BCUT2D eigenvalue weighted by atomic mass is 9.94. The Balaban J connectivity index is 1.18. The van der Waals surface area contributed by atoms with E-state index >= 15 is 0 Å². The number of likely N-dealkylation sites (N-methyl/N-ethyl adjacent to an activating group) is 1. The van der Waals surface area contributed by atoms with Crippen LogP contribution in [0.15, 0.2) is 161 Å². The highest BCUT2D eigenvalue weighted by atomic mass is 15.1. The smallest absolute Gasteiger partial charge is 0.0724 e. The van der Waals surface area contributed by atoms with Crippen LogP contribution in [0.5, 0.6) is 0 Å². The summed E-state index contributed by atoms with van der Waals surface area (Å²) in [5, 5.41) is 18.8. The highest BCUT2D eigenvalue weighted by Crippen LogP contribution is 2.43. The van der Waals surface area contributed by atoms with Gasteiger partial charge in [-0.25, -0.2) is 0 Å². The third kappa shape index (κ3) is 5.61. The largest absolute Gasteiger partial charge is 0.387 e. The molecule has 0 spiro atoms. The number of H-pyrrole nitrogens is 1. The minimum absolute atomic E-state index is 0.0229. The Kier molecular flexibility index (Phi) is 7.59. The molecule has 0 radical (unpaired) electrons. The van der Waals surface area contributed by atoms with Gasteiger partial charge in [0, 0.05) is 83.2 Å². The third-order valence-electron chi connectivity index (χ3n) is 11.4. The number of rotatable bonds is 5. The maximum absolute atomic E-state index is 4.06. The fraction of sp³-hybridized carbons (Fsp3) is 0.244. The van der Waals surface area contributed by atoms with Crippen LogP contribution in [-0.4, -0.2) is 48.6 Å². The molecule has 52 heavy (non-hydrogen) atoms. The maximum atomic E-state index is 4.06. The summed E-state index contributed by atoms with van der Waals surface area (Å²) in [7, 11) is 2.12. The van der Waals surface area contributed by atoms with E-state index in [0.717, 1.165) is 61.2 Å². The Morgan fingerprint density at radius 3 is 1.85 bits per heavy atom. The Morgan fingerprint density at radius 2 is 1.25 bits per heavy atom. The van der Waals surface area contributed by atoms with Gasteiger partial charge in [-0.05, 0) is 121 Å². The van der Waals surface area contributed by atoms with Crippen molar-refractivity contribution in [1.29, 1.82) is 0 Å². The Labute approximate surface area is 306 Å². The zero-order valence-electron chi connectivity index (χ0n) is 29.6. The fourth-order valence-corrected chi connectivity index (χ4v) is 8.61. The van der Waals surface area contributed by atoms with Crippen LogP contribution < -0.4 is 26.6 Å². The number of nitrogens with zero attached hydrogens (tertiary/aromatic N) is 1. The van der Waals surface area contributed by atoms with E-state index in [1.807, 2.05) is 0 Å². The molecule has 7 nitrogen and oxygen atoms in total. The van der Waals surface area contributed by atoms with Gasteiger partial charge >= 0.3 is 0 Å². The van der Waals surface area contributed by atoms with E-state index in [1.54, 1.807) is 0 Å². The van der Waals surface area contributed by atoms with Crippen LogP contribution in [0.1, 0.15) is 54.1 Å². The number of fused-ring (bicyclic) bond motifs is 8. The predicted octanol–water partition coefficient (Wildman–Crippen LogP) is 6.90. The lowest BCUT2D eigenvalue weighted by molar-refractivity contribution is 0.503. The SMILES string of the molecule is CN1C=CC(/C2=C3\C=CC(N3)/C(C3=CCNC=C3)=C3/CC/C(=C(\c4ccc(C5CC5)cc4)C4C=C/C(=C(\C5=CCNC=C5)c5ccc2[nH]5)N4)N3)=CC1. The Hall–Kier alpha value is -5.82. The molecule has 0 amide bonds. The molecule has 8 heterocycles. The molecule has 2 unspecified atom stereocenters. The number of hydrogen-bond donors (Lipinski definition) is 6. The molecule has 10 rings (SSSR count). The number of aromatic amines is 1. The first kappa shape index (κ1) is 31.0. The Bertz CT molecular complexity index is 2210. The lowest BCUT2D eigenvalue weighted by Crippen LogP contribution is -2.29. The van der Waals surface area contributed by atoms with Crippen molar-refractivity contribution in [2.75, 3.05) is 26.7 Å². The first-order valence-corrected chi connectivity index (χ1v) is 18.9. The number of allylic oxidation sites excluding steroid dienone is 11. The molecule has 260 valence electrons. The van der Waals surface area contributed by atoms with Crippen molar-refractivity contribution in [2.45, 2.75) is 43.7 Å². The van der Waals surface area contributed by atoms with Crippen LogP contribution in [0.3, 0.4) is 0 Å². The van der Waals surface area contributed by atoms with Gasteiger partial charge in [-0.2, -0.15) is 0 Å². The first-order valence-electron chi connectivity index (χ1n) is 18.9. The number of benzene rings is 1. The van der Waals surface area contributed by atoms with Crippen molar-refractivity contribution in [3.8, 4) is 0 Å². The van der Waals surface area contributed by atoms with Crippen LogP contribution in [-0.2, 0) is 0 Å². The van der Waals surface area contributed by atoms with Gasteiger partial charge in [0.2, 0.25) is 0 Å². The van der Waals surface area contributed by atoms with Gasteiger partial charge < -0.3 is 36.5 Å². The molecule has 2 aromatic rings. The van der Waals surface area contributed by atoms with E-state index in [-0.39, 0.29) is 12.1 Å². The minimum Gasteiger partial charge on any atom is -0.387 e. The number of hydrogen-bond acceptors (Lipinski definition) is 6. The minimum atomic E-state index is 0.0229. The molecule has 1 aromatic carbocycles. The number of aromatic nitrogens is 1. The van der Waals surface area contributed by atoms with Gasteiger partial charge in [0.05, 0.1) is 12.1 Å². The fourth-order valence-electron chi connectivity index (χ4n) is 8.61. The van der Waals surface area contributed by atoms with Gasteiger partial charge in [0.25, 0.3) is 0 Å². The van der Waals surface area contributed by atoms with E-state index in [9.17, 15) is 0 Å². The molecule has 8 aliphatic rings. The lowest BCUT2D eigenvalue weighted by Gasteiger charge is -2.25. The van der Waals surface area contributed by atoms with Crippen molar-refractivity contribution in [3.63, 3.8) is 0 Å². The summed E-state index contributed by atoms with van der Waals surface area (Å²) in [6, 6.07) is 14.0. The summed E-state index contributed by atoms with van der Waals surface area (Å²) in [5.74, 6) is 0.730. The average Bonchev–Trinajstić information content (AvgIpc) is 3.57. The third-order valence-corrected chi connectivity index (χ3v) is 11.4. The second-order valence-corrected chi connectivity index (χ2v) is 14.8. The van der Waals surface area contributed by atoms with Crippen LogP contribution >= 0.6 is 0 Å². The molecule has 8 bridgehead atoms. The molecule has 6 N–H and O–H groups in total. The first-order chi connectivity index (χ1) is 25.7. The molecule has 7 heteroatoms. The predicted molar refractivity (Wildman–Crippen MR) is 212 cm³/mol. The van der Waals surface area contributed by atoms with E-state index in [2.05, 4.69) is 159 Å². The molecule has 1 saturated heterocycles. The normalized spacial score (nSPS) is 30.3. The highest BCUT2D eigenvalue weighted by molar-refractivity contribution is 5.90. The summed E-state index contributed by atoms with van der Waals surface area (Å²) in [5.41, 5.74) is 18.5. The molecular formula is C45H45N7. The number of nitrogens with one attached hydrogen (secondary N) is 6. The molecule has 2 fully saturated rings. The van der Waals surface area contributed by atoms with Crippen molar-refractivity contribution in [3.05, 3.63) is 183 Å². The number of dihydropyridines is 2. The molecule has 1 aromatic heterocycles. The van der Waals surface area contributed by atoms with E-state index in [1.165, 1.54) is 74.4 Å². The van der Waals surface area contributed by atoms with Gasteiger partial charge in [-0.1, -0.05) is 54.6 Å². The Morgan fingerprint density at radius 1 is 0.635 bits per heavy atom. The zero-order chi connectivity index (χ0) is 34.6. The summed E-state index contributed by atoms with van der Waals surface area (Å²) in [6.07, 6.45) is 33.8. The molecule has 7 aliphatic heterocycles. The van der Waals surface area contributed by atoms with Crippen LogP contribution in [0, 0.1) is 0 Å². The van der Waals surface area contributed by atoms with Gasteiger partial charge in [0.15, 0.2) is 0 Å². The van der Waals surface area contributed by atoms with E-state index in [4.69, 9.17) is 0 Å². The maximum Gasteiger partial charge on any atom is 0.0724 e. The summed E-state index contributed by atoms with van der Waals surface area (Å²) >= 11 is 0. The zero-order valence-corrected chi connectivity index (χ0v) is 29.6. The van der Waals surface area contributed by atoms with Gasteiger partial charge in [-0.3, -0.25) is 0 Å². The van der Waals surface area contributed by atoms with Crippen molar-refractivity contribution >= 4 is 16.7 Å². The summed E-state index contributed by atoms with van der Waals surface area (Å²) < 4.78 is 0. The molecular weight excluding hydrogens is 639 g/mol. The molecule has 1 aliphatic carbocycles. The standard InChI is InChI=1S/C45H45N7/c1-52-26-20-33(21-27-52)45-40-14-12-38(50-40)43(31-16-22-46-23-17-31)36-10-8-34(48-36)42(30-6-4-29(5-7-30)28-2-3-28)35-9-11-37(49-35)44(32-18-24-47-25-19-32)39-13-15-41(45)51-39/h4-8,10,12-22,24,26,28,34,39,46-51H,2-3,9,11,23,25,27H2,1H3/b42-35-,43-36-,44-37-,45-41-. The summed E-state index contributed by atoms with van der Waals surface area (Å²) in [6.45, 7) is 2.48. The second-order valence-electron chi connectivity index (χ2n) is 14.8. The van der Waals surface area contributed by atoms with Crippen LogP contribution in [0.25, 0.3) is 16.7 Å². The van der Waals surface area contributed by atoms with Crippen molar-refractivity contribution < 1.29 is 0 Å². The van der Waals surface area contributed by atoms with Crippen molar-refractivity contribution in [2.24, 2.45) is 0 Å². The van der Waals surface area contributed by atoms with E-state index in [0.29, 0.717) is 0 Å². The topological polar surface area (TPSA) is 79.2 Å². The monoisotopic (exact) mass is 683 g/mol. The van der Waals surface area contributed by atoms with Crippen LogP contribution in [0.2, 0.25) is 0 Å². The van der Waals surface area contributed by atoms with E-state index < -0.39 is 0 Å². The summed E-state index contributed by atoms with van der Waals surface area (Å²) in [4.78, 5) is 6.13. The quantitative estimate of drug-likeness (QED) is 0.206. The highest BCUT2D eigenvalue weighted by Gasteiger charge is 2.33. The van der Waals surface area contributed by atoms with Gasteiger partial charge in [-0.15, -0.1) is 0 Å². The molecule has 2 atom stereocenters. The average molecular weight is 684 g/mol. The molecule has 1 saturated carbocycles.